The third-order valence-corrected chi connectivity index (χ3v) is 4.12. The molecule has 5 nitrogen and oxygen atoms in total. The van der Waals surface area contributed by atoms with E-state index in [1.54, 1.807) is 4.90 Å². The third-order valence-electron chi connectivity index (χ3n) is 4.12. The lowest BCUT2D eigenvalue weighted by atomic mass is 10.0. The summed E-state index contributed by atoms with van der Waals surface area (Å²) in [6.45, 7) is 1.05. The third kappa shape index (κ3) is 4.73. The molecule has 2 amide bonds. The van der Waals surface area contributed by atoms with E-state index in [-0.39, 0.29) is 18.5 Å². The lowest BCUT2D eigenvalue weighted by molar-refractivity contribution is -0.137. The van der Waals surface area contributed by atoms with Gasteiger partial charge in [-0.25, -0.2) is 4.79 Å². The molecule has 0 radical (unpaired) electrons. The van der Waals surface area contributed by atoms with Crippen molar-refractivity contribution in [1.82, 2.24) is 10.2 Å². The molecule has 2 fully saturated rings. The smallest absolute Gasteiger partial charge is 0.317 e. The Labute approximate surface area is 114 Å². The summed E-state index contributed by atoms with van der Waals surface area (Å²) < 4.78 is 0. The molecule has 0 unspecified atom stereocenters. The summed E-state index contributed by atoms with van der Waals surface area (Å²) >= 11 is 0. The van der Waals surface area contributed by atoms with E-state index in [1.165, 1.54) is 25.7 Å². The number of carbonyl (C=O) groups excluding carboxylic acids is 1. The summed E-state index contributed by atoms with van der Waals surface area (Å²) in [4.78, 5) is 24.3. The van der Waals surface area contributed by atoms with Crippen molar-refractivity contribution in [2.75, 3.05) is 13.1 Å². The fraction of sp³-hybridized carbons (Fsp3) is 0.857. The Hall–Kier alpha value is -1.26. The van der Waals surface area contributed by atoms with Crippen LogP contribution in [0.1, 0.15) is 51.4 Å². The van der Waals surface area contributed by atoms with Crippen LogP contribution in [0.4, 0.5) is 4.79 Å². The Balaban J connectivity index is 1.67. The van der Waals surface area contributed by atoms with E-state index >= 15 is 0 Å². The van der Waals surface area contributed by atoms with Gasteiger partial charge in [-0.15, -0.1) is 0 Å². The van der Waals surface area contributed by atoms with E-state index in [1.807, 2.05) is 0 Å². The summed E-state index contributed by atoms with van der Waals surface area (Å²) in [6, 6.07) is 0.188. The maximum atomic E-state index is 12.0. The predicted molar refractivity (Wildman–Crippen MR) is 72.0 cm³/mol. The number of carboxylic acid groups (broad SMARTS) is 1. The average Bonchev–Trinajstić information content (AvgIpc) is 3.06. The van der Waals surface area contributed by atoms with Crippen LogP contribution in [0.5, 0.6) is 0 Å². The molecule has 2 N–H and O–H groups in total. The zero-order valence-electron chi connectivity index (χ0n) is 11.4. The fourth-order valence-corrected chi connectivity index (χ4v) is 2.84. The first-order valence-electron chi connectivity index (χ1n) is 7.43. The fourth-order valence-electron chi connectivity index (χ4n) is 2.84. The number of amides is 2. The van der Waals surface area contributed by atoms with Crippen LogP contribution >= 0.6 is 0 Å². The maximum absolute atomic E-state index is 12.0. The zero-order chi connectivity index (χ0) is 13.7. The molecule has 2 aliphatic rings. The first-order valence-corrected chi connectivity index (χ1v) is 7.43. The summed E-state index contributed by atoms with van der Waals surface area (Å²) in [6.07, 6.45) is 8.35. The quantitative estimate of drug-likeness (QED) is 0.743. The lowest BCUT2D eigenvalue weighted by Gasteiger charge is -2.22. The zero-order valence-corrected chi connectivity index (χ0v) is 11.4. The van der Waals surface area contributed by atoms with Crippen LogP contribution in [-0.2, 0) is 4.79 Å². The summed E-state index contributed by atoms with van der Waals surface area (Å²) in [5.74, 6) is -0.0712. The minimum Gasteiger partial charge on any atom is -0.481 e. The largest absolute Gasteiger partial charge is 0.481 e. The molecule has 0 aliphatic heterocycles. The molecule has 0 aromatic carbocycles. The normalized spacial score (nSPS) is 19.4. The van der Waals surface area contributed by atoms with E-state index in [0.717, 1.165) is 31.7 Å². The highest BCUT2D eigenvalue weighted by Crippen LogP contribution is 2.28. The van der Waals surface area contributed by atoms with Gasteiger partial charge in [0.15, 0.2) is 0 Å². The summed E-state index contributed by atoms with van der Waals surface area (Å²) in [7, 11) is 0. The second kappa shape index (κ2) is 6.78. The van der Waals surface area contributed by atoms with Crippen LogP contribution in [0.3, 0.4) is 0 Å². The predicted octanol–water partition coefficient (Wildman–Crippen LogP) is 2.22. The first kappa shape index (κ1) is 14.2. The van der Waals surface area contributed by atoms with Crippen LogP contribution in [0.2, 0.25) is 0 Å². The van der Waals surface area contributed by atoms with Gasteiger partial charge in [0.1, 0.15) is 0 Å². The van der Waals surface area contributed by atoms with E-state index in [4.69, 9.17) is 5.11 Å². The van der Waals surface area contributed by atoms with Crippen molar-refractivity contribution in [2.45, 2.75) is 57.4 Å². The van der Waals surface area contributed by atoms with Crippen molar-refractivity contribution in [3.63, 3.8) is 0 Å². The van der Waals surface area contributed by atoms with Crippen molar-refractivity contribution >= 4 is 12.0 Å². The Morgan fingerprint density at radius 2 is 1.84 bits per heavy atom. The number of aliphatic carboxylic acids is 1. The molecule has 2 saturated carbocycles. The van der Waals surface area contributed by atoms with Crippen molar-refractivity contribution in [3.8, 4) is 0 Å². The molecular formula is C14H24N2O3. The van der Waals surface area contributed by atoms with Crippen molar-refractivity contribution < 1.29 is 14.7 Å². The standard InChI is InChI=1S/C14H24N2O3/c17-13(18)8-10-16(12-5-6-12)14(19)15-9-7-11-3-1-2-4-11/h11-12H,1-10H2,(H,15,19)(H,17,18). The molecule has 0 spiro atoms. The number of urea groups is 1. The molecule has 0 bridgehead atoms. The number of nitrogens with zero attached hydrogens (tertiary/aromatic N) is 1. The van der Waals surface area contributed by atoms with E-state index in [9.17, 15) is 9.59 Å². The molecule has 2 aliphatic carbocycles. The van der Waals surface area contributed by atoms with Crippen molar-refractivity contribution in [3.05, 3.63) is 0 Å². The van der Waals surface area contributed by atoms with Gasteiger partial charge in [-0.05, 0) is 25.2 Å². The first-order chi connectivity index (χ1) is 9.16. The van der Waals surface area contributed by atoms with Gasteiger partial charge in [0.2, 0.25) is 0 Å². The molecule has 19 heavy (non-hydrogen) atoms. The molecule has 5 heteroatoms. The Bertz CT molecular complexity index is 323. The molecule has 0 saturated heterocycles. The number of hydrogen-bond donors (Lipinski definition) is 2. The average molecular weight is 268 g/mol. The Morgan fingerprint density at radius 3 is 2.42 bits per heavy atom. The van der Waals surface area contributed by atoms with Crippen LogP contribution in [-0.4, -0.2) is 41.1 Å². The van der Waals surface area contributed by atoms with Gasteiger partial charge in [-0.3, -0.25) is 4.79 Å². The minimum atomic E-state index is -0.843. The highest BCUT2D eigenvalue weighted by atomic mass is 16.4. The molecule has 0 atom stereocenters. The van der Waals surface area contributed by atoms with Crippen LogP contribution in [0, 0.1) is 5.92 Å². The molecule has 0 aromatic heterocycles. The van der Waals surface area contributed by atoms with Gasteiger partial charge in [0.05, 0.1) is 6.42 Å². The topological polar surface area (TPSA) is 69.6 Å². The number of hydrogen-bond acceptors (Lipinski definition) is 2. The van der Waals surface area contributed by atoms with Gasteiger partial charge in [0.25, 0.3) is 0 Å². The summed E-state index contributed by atoms with van der Waals surface area (Å²) in [5.41, 5.74) is 0. The highest BCUT2D eigenvalue weighted by molar-refractivity contribution is 5.76. The Morgan fingerprint density at radius 1 is 1.16 bits per heavy atom. The van der Waals surface area contributed by atoms with E-state index in [0.29, 0.717) is 6.54 Å². The molecule has 2 rings (SSSR count). The van der Waals surface area contributed by atoms with Gasteiger partial charge >= 0.3 is 12.0 Å². The second-order valence-electron chi connectivity index (χ2n) is 5.74. The number of carboxylic acids is 1. The Kier molecular flexibility index (Phi) is 5.05. The molecule has 0 aromatic rings. The van der Waals surface area contributed by atoms with E-state index < -0.39 is 5.97 Å². The monoisotopic (exact) mass is 268 g/mol. The second-order valence-corrected chi connectivity index (χ2v) is 5.74. The SMILES string of the molecule is O=C(O)CCN(C(=O)NCCC1CCCC1)C1CC1. The van der Waals surface area contributed by atoms with E-state index in [2.05, 4.69) is 5.32 Å². The van der Waals surface area contributed by atoms with Crippen LogP contribution < -0.4 is 5.32 Å². The number of rotatable bonds is 7. The number of nitrogens with one attached hydrogen (secondary N) is 1. The molecular weight excluding hydrogens is 244 g/mol. The molecule has 0 heterocycles. The number of carbonyl (C=O) groups is 2. The van der Waals surface area contributed by atoms with Gasteiger partial charge in [-0.2, -0.15) is 0 Å². The highest BCUT2D eigenvalue weighted by Gasteiger charge is 2.32. The lowest BCUT2D eigenvalue weighted by Crippen LogP contribution is -2.43. The van der Waals surface area contributed by atoms with Crippen molar-refractivity contribution in [1.29, 1.82) is 0 Å². The van der Waals surface area contributed by atoms with Crippen LogP contribution in [0.15, 0.2) is 0 Å². The van der Waals surface area contributed by atoms with Gasteiger partial charge in [0, 0.05) is 19.1 Å². The van der Waals surface area contributed by atoms with Crippen LogP contribution in [0.25, 0.3) is 0 Å². The van der Waals surface area contributed by atoms with Crippen molar-refractivity contribution in [2.24, 2.45) is 5.92 Å². The summed E-state index contributed by atoms with van der Waals surface area (Å²) in [5, 5.41) is 11.7. The maximum Gasteiger partial charge on any atom is 0.317 e. The molecule has 108 valence electrons. The van der Waals surface area contributed by atoms with Gasteiger partial charge in [-0.1, -0.05) is 25.7 Å². The minimum absolute atomic E-state index is 0.0343. The van der Waals surface area contributed by atoms with Gasteiger partial charge < -0.3 is 15.3 Å².